The maximum absolute atomic E-state index is 10.2. The highest BCUT2D eigenvalue weighted by Gasteiger charge is 2.10. The Morgan fingerprint density at radius 1 is 1.42 bits per heavy atom. The summed E-state index contributed by atoms with van der Waals surface area (Å²) in [7, 11) is 0. The first kappa shape index (κ1) is 10.9. The third-order valence-corrected chi connectivity index (χ3v) is 1.22. The van der Waals surface area contributed by atoms with Gasteiger partial charge in [-0.15, -0.1) is 0 Å². The Labute approximate surface area is 79.3 Å². The fourth-order valence-electron chi connectivity index (χ4n) is 0.727. The van der Waals surface area contributed by atoms with Crippen LogP contribution in [0.15, 0.2) is 24.3 Å². The third kappa shape index (κ3) is 2.20. The van der Waals surface area contributed by atoms with Gasteiger partial charge in [0.15, 0.2) is 17.4 Å². The van der Waals surface area contributed by atoms with Gasteiger partial charge in [0.05, 0.1) is 4.92 Å². The molecule has 12 heavy (non-hydrogen) atoms. The quantitative estimate of drug-likeness (QED) is 0.391. The lowest BCUT2D eigenvalue weighted by Crippen LogP contribution is -1.95. The van der Waals surface area contributed by atoms with E-state index in [0.29, 0.717) is 0 Å². The zero-order chi connectivity index (χ0) is 8.27. The maximum atomic E-state index is 10.2. The Hall–Kier alpha value is -1.09. The van der Waals surface area contributed by atoms with E-state index in [2.05, 4.69) is 0 Å². The molecule has 0 atom stereocenters. The van der Waals surface area contributed by atoms with Crippen molar-refractivity contribution < 1.29 is 10.1 Å². The molecular formula is C6H9AlN2O3. The van der Waals surface area contributed by atoms with Gasteiger partial charge in [-0.1, -0.05) is 12.1 Å². The monoisotopic (exact) mass is 184 g/mol. The molecule has 1 aromatic rings. The molecule has 0 aliphatic heterocycles. The van der Waals surface area contributed by atoms with E-state index in [-0.39, 0.29) is 28.7 Å². The molecule has 0 saturated carbocycles. The van der Waals surface area contributed by atoms with E-state index >= 15 is 0 Å². The third-order valence-electron chi connectivity index (χ3n) is 1.22. The summed E-state index contributed by atoms with van der Waals surface area (Å²) in [4.78, 5) is 9.66. The van der Waals surface area contributed by atoms with Crippen molar-refractivity contribution >= 4 is 28.7 Å². The van der Waals surface area contributed by atoms with Gasteiger partial charge in [0.2, 0.25) is 0 Å². The minimum atomic E-state index is -0.571. The van der Waals surface area contributed by atoms with E-state index in [1.165, 1.54) is 18.2 Å². The number of nitrogens with one attached hydrogen (secondary N) is 1. The van der Waals surface area contributed by atoms with Crippen LogP contribution in [0.25, 0.3) is 0 Å². The van der Waals surface area contributed by atoms with E-state index in [9.17, 15) is 10.1 Å². The number of benzene rings is 1. The van der Waals surface area contributed by atoms with Crippen LogP contribution in [0.2, 0.25) is 0 Å². The summed E-state index contributed by atoms with van der Waals surface area (Å²) in [5, 5.41) is 18.6. The lowest BCUT2D eigenvalue weighted by Gasteiger charge is -1.97. The van der Waals surface area contributed by atoms with Crippen molar-refractivity contribution in [2.75, 3.05) is 5.48 Å². The van der Waals surface area contributed by atoms with Crippen LogP contribution < -0.4 is 5.48 Å². The van der Waals surface area contributed by atoms with Crippen molar-refractivity contribution in [3.8, 4) is 0 Å². The molecular weight excluding hydrogens is 175 g/mol. The average Bonchev–Trinajstić information content (AvgIpc) is 2.04. The molecule has 0 aliphatic carbocycles. The van der Waals surface area contributed by atoms with Crippen LogP contribution in [-0.2, 0) is 0 Å². The van der Waals surface area contributed by atoms with Gasteiger partial charge in [0.1, 0.15) is 5.69 Å². The average molecular weight is 184 g/mol. The fourth-order valence-corrected chi connectivity index (χ4v) is 0.727. The van der Waals surface area contributed by atoms with Crippen LogP contribution in [0.1, 0.15) is 0 Å². The SMILES string of the molecule is O=[N+]([O-])c1ccccc1NO.[AlH3]. The van der Waals surface area contributed by atoms with Crippen molar-refractivity contribution in [2.45, 2.75) is 0 Å². The predicted octanol–water partition coefficient (Wildman–Crippen LogP) is 0.212. The molecule has 0 aromatic heterocycles. The van der Waals surface area contributed by atoms with Gasteiger partial charge in [-0.3, -0.25) is 20.8 Å². The molecule has 6 heteroatoms. The molecule has 64 valence electrons. The number of hydrogen-bond acceptors (Lipinski definition) is 4. The Kier molecular flexibility index (Phi) is 4.29. The summed E-state index contributed by atoms with van der Waals surface area (Å²) in [6, 6.07) is 5.83. The number of nitro groups is 1. The van der Waals surface area contributed by atoms with Crippen LogP contribution in [0, 0.1) is 10.1 Å². The van der Waals surface area contributed by atoms with E-state index in [1.54, 1.807) is 11.5 Å². The van der Waals surface area contributed by atoms with Gasteiger partial charge >= 0.3 is 0 Å². The number of rotatable bonds is 2. The molecule has 5 nitrogen and oxygen atoms in total. The van der Waals surface area contributed by atoms with Crippen molar-refractivity contribution in [3.05, 3.63) is 34.4 Å². The first-order valence-electron chi connectivity index (χ1n) is 2.89. The number of hydrogen-bond donors (Lipinski definition) is 2. The van der Waals surface area contributed by atoms with Crippen molar-refractivity contribution in [1.82, 2.24) is 0 Å². The van der Waals surface area contributed by atoms with Crippen LogP contribution in [-0.4, -0.2) is 27.5 Å². The highest BCUT2D eigenvalue weighted by atomic mass is 27.0. The Morgan fingerprint density at radius 3 is 2.42 bits per heavy atom. The normalized spacial score (nSPS) is 8.42. The highest BCUT2D eigenvalue weighted by Crippen LogP contribution is 2.21. The molecule has 0 radical (unpaired) electrons. The van der Waals surface area contributed by atoms with Gasteiger partial charge in [-0.2, -0.15) is 0 Å². The number of nitro benzene ring substituents is 1. The molecule has 0 unspecified atom stereocenters. The molecule has 0 saturated heterocycles. The summed E-state index contributed by atoms with van der Waals surface area (Å²) in [6.45, 7) is 0. The van der Waals surface area contributed by atoms with Crippen LogP contribution in [0.4, 0.5) is 11.4 Å². The molecule has 0 amide bonds. The molecule has 1 rings (SSSR count). The molecule has 0 spiro atoms. The summed E-state index contributed by atoms with van der Waals surface area (Å²) in [5.41, 5.74) is 1.69. The number of para-hydroxylation sites is 2. The van der Waals surface area contributed by atoms with Crippen LogP contribution in [0.3, 0.4) is 0 Å². The maximum Gasteiger partial charge on any atom is 0.294 e. The minimum Gasteiger partial charge on any atom is -0.291 e. The topological polar surface area (TPSA) is 75.4 Å². The van der Waals surface area contributed by atoms with Gasteiger partial charge in [0.25, 0.3) is 5.69 Å². The molecule has 0 heterocycles. The fraction of sp³-hybridized carbons (Fsp3) is 0. The summed E-state index contributed by atoms with van der Waals surface area (Å²) in [5.74, 6) is 0. The minimum absolute atomic E-state index is 0. The molecule has 2 N–H and O–H groups in total. The standard InChI is InChI=1S/C6H6N2O3.Al.3H/c9-7-5-3-1-2-4-6(5)8(10)11;;;;/h1-4,7,9H;;;;. The second-order valence-electron chi connectivity index (χ2n) is 1.89. The van der Waals surface area contributed by atoms with Gasteiger partial charge in [-0.25, -0.2) is 0 Å². The first-order valence-corrected chi connectivity index (χ1v) is 2.89. The van der Waals surface area contributed by atoms with E-state index in [1.807, 2.05) is 0 Å². The second kappa shape index (κ2) is 4.72. The van der Waals surface area contributed by atoms with Gasteiger partial charge in [0, 0.05) is 6.07 Å². The second-order valence-corrected chi connectivity index (χ2v) is 1.89. The number of anilines is 1. The lowest BCUT2D eigenvalue weighted by molar-refractivity contribution is -0.384. The van der Waals surface area contributed by atoms with Gasteiger partial charge < -0.3 is 0 Å². The largest absolute Gasteiger partial charge is 0.294 e. The number of nitrogens with zero attached hydrogens (tertiary/aromatic N) is 1. The lowest BCUT2D eigenvalue weighted by atomic mass is 10.3. The molecule has 0 aliphatic rings. The predicted molar refractivity (Wildman–Crippen MR) is 48.4 cm³/mol. The highest BCUT2D eigenvalue weighted by molar-refractivity contribution is 5.75. The van der Waals surface area contributed by atoms with Crippen LogP contribution in [0.5, 0.6) is 0 Å². The van der Waals surface area contributed by atoms with E-state index in [4.69, 9.17) is 5.21 Å². The van der Waals surface area contributed by atoms with Crippen LogP contribution >= 0.6 is 0 Å². The molecule has 1 aromatic carbocycles. The zero-order valence-corrected chi connectivity index (χ0v) is 5.52. The Morgan fingerprint density at radius 2 is 2.00 bits per heavy atom. The van der Waals surface area contributed by atoms with Crippen molar-refractivity contribution in [2.24, 2.45) is 0 Å². The van der Waals surface area contributed by atoms with Crippen molar-refractivity contribution in [3.63, 3.8) is 0 Å². The molecule has 0 bridgehead atoms. The first-order chi connectivity index (χ1) is 5.25. The molecule has 0 fully saturated rings. The van der Waals surface area contributed by atoms with Gasteiger partial charge in [-0.05, 0) is 6.07 Å². The van der Waals surface area contributed by atoms with E-state index in [0.717, 1.165) is 0 Å². The van der Waals surface area contributed by atoms with E-state index < -0.39 is 4.92 Å². The Bertz CT molecular complexity index is 279. The summed E-state index contributed by atoms with van der Waals surface area (Å²) < 4.78 is 0. The Balaban J connectivity index is 0.00000121. The summed E-state index contributed by atoms with van der Waals surface area (Å²) >= 11 is 0. The van der Waals surface area contributed by atoms with Crippen molar-refractivity contribution in [1.29, 1.82) is 0 Å². The zero-order valence-electron chi connectivity index (χ0n) is 5.52. The summed E-state index contributed by atoms with van der Waals surface area (Å²) in [6.07, 6.45) is 0. The smallest absolute Gasteiger partial charge is 0.291 e.